The quantitative estimate of drug-likeness (QED) is 0.725. The number of aryl methyl sites for hydroxylation is 1. The Hall–Kier alpha value is -2.28. The summed E-state index contributed by atoms with van der Waals surface area (Å²) in [4.78, 5) is 12.0. The number of amides is 1. The maximum atomic E-state index is 12.0. The van der Waals surface area contributed by atoms with Crippen molar-refractivity contribution in [2.45, 2.75) is 19.8 Å². The lowest BCUT2D eigenvalue weighted by Gasteiger charge is -2.08. The van der Waals surface area contributed by atoms with Crippen LogP contribution in [0, 0.1) is 0 Å². The Morgan fingerprint density at radius 3 is 2.52 bits per heavy atom. The second-order valence-corrected chi connectivity index (χ2v) is 7.03. The van der Waals surface area contributed by atoms with Gasteiger partial charge in [-0.15, -0.1) is 0 Å². The number of hydrogen-bond donors (Lipinski definition) is 2. The molecule has 0 unspecified atom stereocenters. The van der Waals surface area contributed by atoms with E-state index < -0.39 is 10.0 Å². The molecule has 1 aromatic carbocycles. The van der Waals surface area contributed by atoms with Crippen molar-refractivity contribution in [2.75, 3.05) is 17.0 Å². The fourth-order valence-corrected chi connectivity index (χ4v) is 2.60. The summed E-state index contributed by atoms with van der Waals surface area (Å²) in [5, 5.41) is 2.82. The van der Waals surface area contributed by atoms with E-state index in [1.807, 2.05) is 12.1 Å². The summed E-state index contributed by atoms with van der Waals surface area (Å²) < 4.78 is 30.6. The molecule has 0 radical (unpaired) electrons. The summed E-state index contributed by atoms with van der Waals surface area (Å²) in [7, 11) is -3.30. The van der Waals surface area contributed by atoms with Crippen molar-refractivity contribution in [2.24, 2.45) is 0 Å². The summed E-state index contributed by atoms with van der Waals surface area (Å²) in [6, 6.07) is 10.1. The number of nitrogens with one attached hydrogen (secondary N) is 2. The van der Waals surface area contributed by atoms with Gasteiger partial charge in [-0.3, -0.25) is 9.52 Å². The van der Waals surface area contributed by atoms with Crippen molar-refractivity contribution < 1.29 is 17.6 Å². The van der Waals surface area contributed by atoms with E-state index in [-0.39, 0.29) is 11.7 Å². The molecule has 0 aliphatic carbocycles. The van der Waals surface area contributed by atoms with E-state index in [0.717, 1.165) is 18.6 Å². The lowest BCUT2D eigenvalue weighted by atomic mass is 10.2. The van der Waals surface area contributed by atoms with Gasteiger partial charge in [-0.05, 0) is 49.7 Å². The Morgan fingerprint density at radius 1 is 1.17 bits per heavy atom. The number of benzene rings is 1. The largest absolute Gasteiger partial charge is 0.469 e. The topological polar surface area (TPSA) is 88.4 Å². The van der Waals surface area contributed by atoms with E-state index in [1.54, 1.807) is 37.5 Å². The molecule has 0 atom stereocenters. The summed E-state index contributed by atoms with van der Waals surface area (Å²) in [6.07, 6.45) is 3.18. The van der Waals surface area contributed by atoms with Crippen LogP contribution in [0.5, 0.6) is 0 Å². The van der Waals surface area contributed by atoms with Gasteiger partial charge in [0.1, 0.15) is 5.76 Å². The van der Waals surface area contributed by atoms with Crippen LogP contribution in [-0.4, -0.2) is 26.6 Å². The zero-order valence-electron chi connectivity index (χ0n) is 12.9. The molecular formula is C16H20N2O4S. The second kappa shape index (κ2) is 7.82. The fraction of sp³-hybridized carbons (Fsp3) is 0.312. The third-order valence-corrected chi connectivity index (χ3v) is 4.57. The Labute approximate surface area is 135 Å². The number of hydrogen-bond acceptors (Lipinski definition) is 4. The Kier molecular flexibility index (Phi) is 5.81. The van der Waals surface area contributed by atoms with Gasteiger partial charge in [0.05, 0.1) is 12.0 Å². The second-order valence-electron chi connectivity index (χ2n) is 5.02. The van der Waals surface area contributed by atoms with E-state index in [4.69, 9.17) is 4.42 Å². The maximum absolute atomic E-state index is 12.0. The van der Waals surface area contributed by atoms with E-state index in [2.05, 4.69) is 10.0 Å². The van der Waals surface area contributed by atoms with Crippen LogP contribution in [0.2, 0.25) is 0 Å². The zero-order chi connectivity index (χ0) is 16.7. The molecule has 0 spiro atoms. The van der Waals surface area contributed by atoms with Crippen molar-refractivity contribution in [3.05, 3.63) is 54.0 Å². The van der Waals surface area contributed by atoms with Crippen molar-refractivity contribution >= 4 is 21.6 Å². The molecule has 0 aliphatic heterocycles. The average molecular weight is 336 g/mol. The molecule has 7 heteroatoms. The summed E-state index contributed by atoms with van der Waals surface area (Å²) >= 11 is 0. The smallest absolute Gasteiger partial charge is 0.251 e. The van der Waals surface area contributed by atoms with Crippen LogP contribution in [0.4, 0.5) is 5.69 Å². The molecule has 2 N–H and O–H groups in total. The summed E-state index contributed by atoms with van der Waals surface area (Å²) in [5.41, 5.74) is 0.934. The minimum Gasteiger partial charge on any atom is -0.469 e. The van der Waals surface area contributed by atoms with Crippen LogP contribution < -0.4 is 10.0 Å². The van der Waals surface area contributed by atoms with Crippen LogP contribution >= 0.6 is 0 Å². The van der Waals surface area contributed by atoms with Gasteiger partial charge in [0, 0.05) is 24.2 Å². The molecule has 0 saturated carbocycles. The SMILES string of the molecule is CCS(=O)(=O)Nc1ccc(C(=O)NCCCc2ccco2)cc1. The van der Waals surface area contributed by atoms with Gasteiger partial charge < -0.3 is 9.73 Å². The monoisotopic (exact) mass is 336 g/mol. The normalized spacial score (nSPS) is 11.2. The first-order chi connectivity index (χ1) is 11.0. The van der Waals surface area contributed by atoms with Crippen LogP contribution in [0.25, 0.3) is 0 Å². The molecule has 6 nitrogen and oxygen atoms in total. The average Bonchev–Trinajstić information content (AvgIpc) is 3.05. The van der Waals surface area contributed by atoms with Crippen LogP contribution in [0.15, 0.2) is 47.1 Å². The lowest BCUT2D eigenvalue weighted by molar-refractivity contribution is 0.0953. The predicted molar refractivity (Wildman–Crippen MR) is 88.9 cm³/mol. The predicted octanol–water partition coefficient (Wildman–Crippen LogP) is 2.40. The van der Waals surface area contributed by atoms with Gasteiger partial charge in [-0.25, -0.2) is 8.42 Å². The first kappa shape index (κ1) is 17.1. The fourth-order valence-electron chi connectivity index (χ4n) is 1.96. The minimum atomic E-state index is -3.30. The number of sulfonamides is 1. The van der Waals surface area contributed by atoms with Crippen molar-refractivity contribution in [1.82, 2.24) is 5.32 Å². The first-order valence-corrected chi connectivity index (χ1v) is 9.06. The van der Waals surface area contributed by atoms with Gasteiger partial charge in [0.15, 0.2) is 0 Å². The Balaban J connectivity index is 1.80. The number of furan rings is 1. The summed E-state index contributed by atoms with van der Waals surface area (Å²) in [6.45, 7) is 2.11. The van der Waals surface area contributed by atoms with Crippen LogP contribution in [0.3, 0.4) is 0 Å². The molecule has 0 saturated heterocycles. The third kappa shape index (κ3) is 5.45. The Morgan fingerprint density at radius 2 is 1.91 bits per heavy atom. The molecule has 124 valence electrons. The highest BCUT2D eigenvalue weighted by atomic mass is 32.2. The van der Waals surface area contributed by atoms with Gasteiger partial charge in [-0.1, -0.05) is 0 Å². The van der Waals surface area contributed by atoms with Gasteiger partial charge in [-0.2, -0.15) is 0 Å². The number of rotatable bonds is 8. The minimum absolute atomic E-state index is 0.00487. The zero-order valence-corrected chi connectivity index (χ0v) is 13.7. The molecular weight excluding hydrogens is 316 g/mol. The molecule has 1 aromatic heterocycles. The number of carbonyl (C=O) groups is 1. The van der Waals surface area contributed by atoms with E-state index >= 15 is 0 Å². The van der Waals surface area contributed by atoms with Crippen LogP contribution in [-0.2, 0) is 16.4 Å². The molecule has 1 amide bonds. The van der Waals surface area contributed by atoms with Crippen molar-refractivity contribution in [3.8, 4) is 0 Å². The van der Waals surface area contributed by atoms with E-state index in [1.165, 1.54) is 0 Å². The van der Waals surface area contributed by atoms with Crippen LogP contribution in [0.1, 0.15) is 29.5 Å². The van der Waals surface area contributed by atoms with E-state index in [0.29, 0.717) is 17.8 Å². The molecule has 0 fully saturated rings. The first-order valence-electron chi connectivity index (χ1n) is 7.41. The molecule has 0 aliphatic rings. The molecule has 2 rings (SSSR count). The van der Waals surface area contributed by atoms with Gasteiger partial charge in [0.2, 0.25) is 10.0 Å². The van der Waals surface area contributed by atoms with Gasteiger partial charge >= 0.3 is 0 Å². The van der Waals surface area contributed by atoms with Crippen molar-refractivity contribution in [3.63, 3.8) is 0 Å². The van der Waals surface area contributed by atoms with E-state index in [9.17, 15) is 13.2 Å². The molecule has 1 heterocycles. The highest BCUT2D eigenvalue weighted by molar-refractivity contribution is 7.92. The lowest BCUT2D eigenvalue weighted by Crippen LogP contribution is -2.24. The number of carbonyl (C=O) groups excluding carboxylic acids is 1. The van der Waals surface area contributed by atoms with Gasteiger partial charge in [0.25, 0.3) is 5.91 Å². The highest BCUT2D eigenvalue weighted by Crippen LogP contribution is 2.11. The maximum Gasteiger partial charge on any atom is 0.251 e. The number of anilines is 1. The summed E-state index contributed by atoms with van der Waals surface area (Å²) in [5.74, 6) is 0.714. The molecule has 23 heavy (non-hydrogen) atoms. The molecule has 0 bridgehead atoms. The standard InChI is InChI=1S/C16H20N2O4S/c1-2-23(20,21)18-14-9-7-13(8-10-14)16(19)17-11-3-5-15-6-4-12-22-15/h4,6-10,12,18H,2-3,5,11H2,1H3,(H,17,19). The Bertz CT molecular complexity index is 722. The van der Waals surface area contributed by atoms with Crippen molar-refractivity contribution in [1.29, 1.82) is 0 Å². The molecule has 2 aromatic rings. The third-order valence-electron chi connectivity index (χ3n) is 3.27. The highest BCUT2D eigenvalue weighted by Gasteiger charge is 2.08.